The van der Waals surface area contributed by atoms with Crippen molar-refractivity contribution in [1.29, 1.82) is 0 Å². The van der Waals surface area contributed by atoms with E-state index in [1.165, 1.54) is 12.1 Å². The van der Waals surface area contributed by atoms with E-state index in [1.807, 2.05) is 0 Å². The summed E-state index contributed by atoms with van der Waals surface area (Å²) in [6.07, 6.45) is 0.641. The van der Waals surface area contributed by atoms with Crippen LogP contribution >= 0.6 is 0 Å². The van der Waals surface area contributed by atoms with Crippen molar-refractivity contribution in [3.8, 4) is 0 Å². The molecule has 0 atom stereocenters. The van der Waals surface area contributed by atoms with Crippen molar-refractivity contribution in [3.63, 3.8) is 0 Å². The zero-order valence-electron chi connectivity index (χ0n) is 9.44. The van der Waals surface area contributed by atoms with Gasteiger partial charge in [0.25, 0.3) is 5.69 Å². The largest absolute Gasteiger partial charge is 0.425 e. The highest BCUT2D eigenvalue weighted by Gasteiger charge is 2.10. The molecule has 2 rings (SSSR count). The monoisotopic (exact) mass is 249 g/mol. The highest BCUT2D eigenvalue weighted by Crippen LogP contribution is 2.16. The van der Waals surface area contributed by atoms with Crippen molar-refractivity contribution < 1.29 is 14.4 Å². The highest BCUT2D eigenvalue weighted by molar-refractivity contribution is 5.35. The molecule has 0 aliphatic carbocycles. The normalized spacial score (nSPS) is 10.5. The van der Waals surface area contributed by atoms with E-state index >= 15 is 0 Å². The number of nitro benzene ring substituents is 1. The second-order valence-electron chi connectivity index (χ2n) is 3.67. The fraction of sp³-hybridized carbons (Fsp3) is 0.273. The van der Waals surface area contributed by atoms with Crippen LogP contribution in [0, 0.1) is 10.1 Å². The maximum Gasteiger partial charge on any atom is 0.269 e. The lowest BCUT2D eigenvalue weighted by Crippen LogP contribution is -1.92. The molecular formula is C11H11N3O4. The molecule has 18 heavy (non-hydrogen) atoms. The van der Waals surface area contributed by atoms with Gasteiger partial charge in [-0.3, -0.25) is 10.1 Å². The average molecular weight is 249 g/mol. The van der Waals surface area contributed by atoms with E-state index in [1.54, 1.807) is 12.1 Å². The molecule has 0 saturated carbocycles. The lowest BCUT2D eigenvalue weighted by molar-refractivity contribution is -0.384. The fourth-order valence-corrected chi connectivity index (χ4v) is 1.51. The van der Waals surface area contributed by atoms with Gasteiger partial charge in [0.05, 0.1) is 18.0 Å². The molecule has 1 aromatic carbocycles. The summed E-state index contributed by atoms with van der Waals surface area (Å²) in [5, 5.41) is 26.9. The molecule has 0 saturated heterocycles. The Morgan fingerprint density at radius 3 is 2.83 bits per heavy atom. The molecule has 1 heterocycles. The number of hydrogen-bond donors (Lipinski definition) is 1. The van der Waals surface area contributed by atoms with E-state index in [0.717, 1.165) is 5.56 Å². The van der Waals surface area contributed by atoms with Crippen molar-refractivity contribution in [2.45, 2.75) is 12.8 Å². The second-order valence-corrected chi connectivity index (χ2v) is 3.67. The molecule has 0 unspecified atom stereocenters. The third-order valence-electron chi connectivity index (χ3n) is 2.31. The van der Waals surface area contributed by atoms with Gasteiger partial charge >= 0.3 is 0 Å². The van der Waals surface area contributed by atoms with Gasteiger partial charge in [0, 0.05) is 18.6 Å². The molecule has 0 spiro atoms. The Hall–Kier alpha value is -2.28. The van der Waals surface area contributed by atoms with Gasteiger partial charge in [-0.05, 0) is 5.56 Å². The van der Waals surface area contributed by atoms with Crippen molar-refractivity contribution in [3.05, 3.63) is 51.7 Å². The van der Waals surface area contributed by atoms with E-state index < -0.39 is 4.92 Å². The number of non-ortho nitro benzene ring substituents is 1. The van der Waals surface area contributed by atoms with Crippen LogP contribution in [0.4, 0.5) is 5.69 Å². The molecule has 0 radical (unpaired) electrons. The lowest BCUT2D eigenvalue weighted by Gasteiger charge is -1.97. The predicted molar refractivity (Wildman–Crippen MR) is 61.0 cm³/mol. The van der Waals surface area contributed by atoms with Gasteiger partial charge in [-0.15, -0.1) is 10.2 Å². The number of aromatic nitrogens is 2. The number of nitrogens with zero attached hydrogens (tertiary/aromatic N) is 3. The first-order valence-electron chi connectivity index (χ1n) is 5.34. The SMILES string of the molecule is O=[N+]([O-])c1cccc(Cc2nnc(CCO)o2)c1. The Balaban J connectivity index is 2.12. The van der Waals surface area contributed by atoms with Crippen LogP contribution in [0.25, 0.3) is 0 Å². The van der Waals surface area contributed by atoms with E-state index in [-0.39, 0.29) is 12.3 Å². The Morgan fingerprint density at radius 1 is 1.33 bits per heavy atom. The number of aliphatic hydroxyl groups excluding tert-OH is 1. The Morgan fingerprint density at radius 2 is 2.11 bits per heavy atom. The number of rotatable bonds is 5. The molecule has 2 aromatic rings. The number of nitro groups is 1. The summed E-state index contributed by atoms with van der Waals surface area (Å²) in [5.74, 6) is 0.733. The van der Waals surface area contributed by atoms with E-state index in [0.29, 0.717) is 24.6 Å². The van der Waals surface area contributed by atoms with Gasteiger partial charge in [-0.1, -0.05) is 12.1 Å². The van der Waals surface area contributed by atoms with Gasteiger partial charge < -0.3 is 9.52 Å². The van der Waals surface area contributed by atoms with Gasteiger partial charge in [-0.2, -0.15) is 0 Å². The first kappa shape index (κ1) is 12.2. The quantitative estimate of drug-likeness (QED) is 0.628. The first-order valence-corrected chi connectivity index (χ1v) is 5.34. The molecule has 0 aliphatic rings. The van der Waals surface area contributed by atoms with E-state index in [4.69, 9.17) is 9.52 Å². The molecule has 0 fully saturated rings. The van der Waals surface area contributed by atoms with Crippen LogP contribution in [0.2, 0.25) is 0 Å². The Bertz CT molecular complexity index is 553. The van der Waals surface area contributed by atoms with Gasteiger partial charge in [0.1, 0.15) is 0 Å². The second kappa shape index (κ2) is 5.37. The molecule has 7 nitrogen and oxygen atoms in total. The molecule has 0 aliphatic heterocycles. The summed E-state index contributed by atoms with van der Waals surface area (Å²) in [6.45, 7) is -0.0571. The van der Waals surface area contributed by atoms with Gasteiger partial charge in [-0.25, -0.2) is 0 Å². The van der Waals surface area contributed by atoms with Crippen molar-refractivity contribution in [1.82, 2.24) is 10.2 Å². The highest BCUT2D eigenvalue weighted by atomic mass is 16.6. The lowest BCUT2D eigenvalue weighted by atomic mass is 10.1. The topological polar surface area (TPSA) is 102 Å². The fourth-order valence-electron chi connectivity index (χ4n) is 1.51. The van der Waals surface area contributed by atoms with Crippen LogP contribution < -0.4 is 0 Å². The Kier molecular flexibility index (Phi) is 3.63. The minimum absolute atomic E-state index is 0.0302. The Labute approximate surface area is 102 Å². The van der Waals surface area contributed by atoms with E-state index in [9.17, 15) is 10.1 Å². The summed E-state index contributed by atoms with van der Waals surface area (Å²) >= 11 is 0. The van der Waals surface area contributed by atoms with Gasteiger partial charge in [0.15, 0.2) is 0 Å². The molecule has 1 N–H and O–H groups in total. The minimum atomic E-state index is -0.450. The number of benzene rings is 1. The summed E-state index contributed by atoms with van der Waals surface area (Å²) in [4.78, 5) is 10.2. The molecule has 0 bridgehead atoms. The standard InChI is InChI=1S/C11H11N3O4/c15-5-4-10-12-13-11(18-10)7-8-2-1-3-9(6-8)14(16)17/h1-3,6,15H,4-5,7H2. The maximum absolute atomic E-state index is 10.6. The summed E-state index contributed by atoms with van der Waals surface area (Å²) in [6, 6.07) is 6.26. The van der Waals surface area contributed by atoms with Crippen LogP contribution in [-0.4, -0.2) is 26.8 Å². The maximum atomic E-state index is 10.6. The van der Waals surface area contributed by atoms with Crippen molar-refractivity contribution in [2.75, 3.05) is 6.61 Å². The zero-order valence-corrected chi connectivity index (χ0v) is 9.44. The molecular weight excluding hydrogens is 238 g/mol. The predicted octanol–water partition coefficient (Wildman–Crippen LogP) is 1.10. The molecule has 94 valence electrons. The summed E-state index contributed by atoms with van der Waals surface area (Å²) in [7, 11) is 0. The molecule has 0 amide bonds. The summed E-state index contributed by atoms with van der Waals surface area (Å²) in [5.41, 5.74) is 0.756. The zero-order chi connectivity index (χ0) is 13.0. The minimum Gasteiger partial charge on any atom is -0.425 e. The smallest absolute Gasteiger partial charge is 0.269 e. The number of hydrogen-bond acceptors (Lipinski definition) is 6. The van der Waals surface area contributed by atoms with Crippen LogP contribution in [-0.2, 0) is 12.8 Å². The summed E-state index contributed by atoms with van der Waals surface area (Å²) < 4.78 is 5.28. The number of aliphatic hydroxyl groups is 1. The molecule has 7 heteroatoms. The van der Waals surface area contributed by atoms with Crippen LogP contribution in [0.1, 0.15) is 17.3 Å². The van der Waals surface area contributed by atoms with Crippen molar-refractivity contribution >= 4 is 5.69 Å². The third-order valence-corrected chi connectivity index (χ3v) is 2.31. The van der Waals surface area contributed by atoms with Crippen molar-refractivity contribution in [2.24, 2.45) is 0 Å². The van der Waals surface area contributed by atoms with Crippen LogP contribution in [0.15, 0.2) is 28.7 Å². The third kappa shape index (κ3) is 2.89. The van der Waals surface area contributed by atoms with E-state index in [2.05, 4.69) is 10.2 Å². The van der Waals surface area contributed by atoms with Crippen LogP contribution in [0.5, 0.6) is 0 Å². The first-order chi connectivity index (χ1) is 8.69. The van der Waals surface area contributed by atoms with Gasteiger partial charge in [0.2, 0.25) is 11.8 Å². The average Bonchev–Trinajstić information content (AvgIpc) is 2.77. The van der Waals surface area contributed by atoms with Crippen LogP contribution in [0.3, 0.4) is 0 Å². The molecule has 1 aromatic heterocycles.